The van der Waals surface area contributed by atoms with Crippen molar-refractivity contribution < 1.29 is 28.6 Å². The molecule has 0 saturated carbocycles. The third kappa shape index (κ3) is 56.2. The van der Waals surface area contributed by atoms with Gasteiger partial charge in [-0.05, 0) is 128 Å². The molecule has 0 amide bonds. The van der Waals surface area contributed by atoms with E-state index in [0.717, 1.165) is 141 Å². The van der Waals surface area contributed by atoms with Crippen LogP contribution >= 0.6 is 0 Å². The van der Waals surface area contributed by atoms with Crippen molar-refractivity contribution in [2.75, 3.05) is 13.2 Å². The summed E-state index contributed by atoms with van der Waals surface area (Å²) in [7, 11) is 0. The molecule has 0 spiro atoms. The zero-order chi connectivity index (χ0) is 52.2. The van der Waals surface area contributed by atoms with Crippen LogP contribution in [0.25, 0.3) is 0 Å². The van der Waals surface area contributed by atoms with E-state index in [2.05, 4.69) is 167 Å². The lowest BCUT2D eigenvalue weighted by Crippen LogP contribution is -2.30. The molecule has 0 aliphatic heterocycles. The predicted octanol–water partition coefficient (Wildman–Crippen LogP) is 19.6. The average Bonchev–Trinajstić information content (AvgIpc) is 3.38. The Kier molecular flexibility index (Phi) is 55.0. The first-order valence-corrected chi connectivity index (χ1v) is 28.8. The highest BCUT2D eigenvalue weighted by Crippen LogP contribution is 2.14. The second kappa shape index (κ2) is 58.9. The molecule has 0 aromatic rings. The molecule has 0 aromatic carbocycles. The Hall–Kier alpha value is -4.71. The van der Waals surface area contributed by atoms with E-state index in [4.69, 9.17) is 14.2 Å². The maximum Gasteiger partial charge on any atom is 0.306 e. The number of allylic oxidation sites excluding steroid dienone is 24. The van der Waals surface area contributed by atoms with Gasteiger partial charge in [0.25, 0.3) is 0 Å². The van der Waals surface area contributed by atoms with Crippen LogP contribution in [0.3, 0.4) is 0 Å². The van der Waals surface area contributed by atoms with Gasteiger partial charge in [-0.25, -0.2) is 0 Å². The lowest BCUT2D eigenvalue weighted by Gasteiger charge is -2.18. The average molecular weight is 994 g/mol. The van der Waals surface area contributed by atoms with Crippen LogP contribution in [0, 0.1) is 0 Å². The monoisotopic (exact) mass is 993 g/mol. The molecule has 0 saturated heterocycles. The molecule has 0 heterocycles. The van der Waals surface area contributed by atoms with E-state index in [1.807, 2.05) is 0 Å². The first-order valence-electron chi connectivity index (χ1n) is 28.8. The lowest BCUT2D eigenvalue weighted by molar-refractivity contribution is -0.167. The molecule has 0 aliphatic carbocycles. The summed E-state index contributed by atoms with van der Waals surface area (Å²) in [5, 5.41) is 0. The van der Waals surface area contributed by atoms with Crippen molar-refractivity contribution in [1.29, 1.82) is 0 Å². The van der Waals surface area contributed by atoms with E-state index in [-0.39, 0.29) is 37.5 Å². The minimum Gasteiger partial charge on any atom is -0.462 e. The van der Waals surface area contributed by atoms with Crippen molar-refractivity contribution in [2.45, 2.75) is 239 Å². The van der Waals surface area contributed by atoms with Crippen molar-refractivity contribution in [2.24, 2.45) is 0 Å². The summed E-state index contributed by atoms with van der Waals surface area (Å²) in [6, 6.07) is 0. The zero-order valence-electron chi connectivity index (χ0n) is 46.1. The molecule has 0 rings (SSSR count). The quantitative estimate of drug-likeness (QED) is 0.0261. The molecule has 0 N–H and O–H groups in total. The van der Waals surface area contributed by atoms with Gasteiger partial charge in [0.1, 0.15) is 13.2 Å². The normalized spacial score (nSPS) is 13.2. The zero-order valence-corrected chi connectivity index (χ0v) is 46.1. The van der Waals surface area contributed by atoms with Gasteiger partial charge in [-0.1, -0.05) is 231 Å². The largest absolute Gasteiger partial charge is 0.462 e. The van der Waals surface area contributed by atoms with E-state index >= 15 is 0 Å². The van der Waals surface area contributed by atoms with Crippen molar-refractivity contribution in [3.05, 3.63) is 146 Å². The second-order valence-corrected chi connectivity index (χ2v) is 18.4. The van der Waals surface area contributed by atoms with Gasteiger partial charge in [0.2, 0.25) is 0 Å². The minimum absolute atomic E-state index is 0.110. The van der Waals surface area contributed by atoms with Crippen LogP contribution in [0.15, 0.2) is 146 Å². The number of ether oxygens (including phenoxy) is 3. The molecule has 0 aromatic heterocycles. The Balaban J connectivity index is 4.45. The van der Waals surface area contributed by atoms with Crippen molar-refractivity contribution >= 4 is 17.9 Å². The fourth-order valence-corrected chi connectivity index (χ4v) is 7.31. The minimum atomic E-state index is -0.816. The molecule has 0 bridgehead atoms. The number of carbonyl (C=O) groups is 3. The summed E-state index contributed by atoms with van der Waals surface area (Å²) in [5.41, 5.74) is 0. The molecule has 404 valence electrons. The summed E-state index contributed by atoms with van der Waals surface area (Å²) in [6.45, 7) is 6.27. The number of hydrogen-bond donors (Lipinski definition) is 0. The van der Waals surface area contributed by atoms with Gasteiger partial charge < -0.3 is 14.2 Å². The van der Waals surface area contributed by atoms with E-state index < -0.39 is 6.10 Å². The molecule has 6 heteroatoms. The molecular weight excluding hydrogens is 889 g/mol. The molecule has 72 heavy (non-hydrogen) atoms. The standard InChI is InChI=1S/C66H104O6/c1-4-7-10-13-16-19-22-24-26-28-30-32-33-35-36-38-40-42-44-47-50-53-56-59-65(68)71-62-63(61-70-64(67)58-55-52-49-46-21-18-15-12-9-6-3)72-66(69)60-57-54-51-48-45-43-41-39-37-34-31-29-27-25-23-20-17-14-11-8-5-2/h7-8,10-12,15-17,19-20,24-27,30-32,34-36,40,42,47,50,63H,4-6,9,13-14,18,21-23,28-29,33,37-39,41,43-46,48-49,51-62H2,1-3H3/b10-7-,11-8-,15-12-,19-16-,20-17-,26-24-,27-25-,32-30-,34-31-,36-35-,42-40-,50-47-. The third-order valence-electron chi connectivity index (χ3n) is 11.5. The number of hydrogen-bond acceptors (Lipinski definition) is 6. The Bertz CT molecular complexity index is 1610. The summed E-state index contributed by atoms with van der Waals surface area (Å²) in [5.74, 6) is -0.997. The number of unbranched alkanes of at least 4 members (excludes halogenated alkanes) is 15. The maximum atomic E-state index is 12.9. The van der Waals surface area contributed by atoms with Crippen LogP contribution in [-0.2, 0) is 28.6 Å². The highest BCUT2D eigenvalue weighted by Gasteiger charge is 2.19. The van der Waals surface area contributed by atoms with Crippen molar-refractivity contribution in [3.63, 3.8) is 0 Å². The van der Waals surface area contributed by atoms with Crippen LogP contribution in [0.4, 0.5) is 0 Å². The Morgan fingerprint density at radius 3 is 0.917 bits per heavy atom. The van der Waals surface area contributed by atoms with Crippen LogP contribution < -0.4 is 0 Å². The highest BCUT2D eigenvalue weighted by atomic mass is 16.6. The van der Waals surface area contributed by atoms with Gasteiger partial charge in [-0.3, -0.25) is 14.4 Å². The molecule has 6 nitrogen and oxygen atoms in total. The SMILES string of the molecule is CC/C=C\C/C=C\C/C=C\C/C=C\C/C=C\C/C=C\C/C=C\CCCC(=O)OCC(COC(=O)CCCCCCC/C=C\CCC)OC(=O)CCCCCCCCCC/C=C\C/C=C\C/C=C\C/C=C\CC. The first-order chi connectivity index (χ1) is 35.5. The molecule has 0 radical (unpaired) electrons. The van der Waals surface area contributed by atoms with E-state index in [1.54, 1.807) is 0 Å². The van der Waals surface area contributed by atoms with E-state index in [9.17, 15) is 14.4 Å². The van der Waals surface area contributed by atoms with Crippen molar-refractivity contribution in [3.8, 4) is 0 Å². The molecular formula is C66H104O6. The molecule has 1 atom stereocenters. The molecule has 0 aliphatic rings. The van der Waals surface area contributed by atoms with Gasteiger partial charge in [0, 0.05) is 19.3 Å². The van der Waals surface area contributed by atoms with Crippen LogP contribution in [0.5, 0.6) is 0 Å². The van der Waals surface area contributed by atoms with Gasteiger partial charge in [0.05, 0.1) is 0 Å². The highest BCUT2D eigenvalue weighted by molar-refractivity contribution is 5.71. The summed E-state index contributed by atoms with van der Waals surface area (Å²) in [4.78, 5) is 38.1. The summed E-state index contributed by atoms with van der Waals surface area (Å²) < 4.78 is 16.8. The topological polar surface area (TPSA) is 78.9 Å². The van der Waals surface area contributed by atoms with Crippen LogP contribution in [0.2, 0.25) is 0 Å². The fraction of sp³-hybridized carbons (Fsp3) is 0.591. The second-order valence-electron chi connectivity index (χ2n) is 18.4. The van der Waals surface area contributed by atoms with Gasteiger partial charge >= 0.3 is 17.9 Å². The number of carbonyl (C=O) groups excluding carboxylic acids is 3. The maximum absolute atomic E-state index is 12.9. The number of rotatable bonds is 50. The van der Waals surface area contributed by atoms with Gasteiger partial charge in [-0.2, -0.15) is 0 Å². The predicted molar refractivity (Wildman–Crippen MR) is 311 cm³/mol. The fourth-order valence-electron chi connectivity index (χ4n) is 7.31. The Morgan fingerprint density at radius 2 is 0.556 bits per heavy atom. The van der Waals surface area contributed by atoms with Crippen molar-refractivity contribution in [1.82, 2.24) is 0 Å². The van der Waals surface area contributed by atoms with Gasteiger partial charge in [-0.15, -0.1) is 0 Å². The smallest absolute Gasteiger partial charge is 0.306 e. The van der Waals surface area contributed by atoms with Crippen LogP contribution in [-0.4, -0.2) is 37.2 Å². The number of esters is 3. The molecule has 1 unspecified atom stereocenters. The van der Waals surface area contributed by atoms with Crippen LogP contribution in [0.1, 0.15) is 233 Å². The van der Waals surface area contributed by atoms with E-state index in [1.165, 1.54) is 44.9 Å². The van der Waals surface area contributed by atoms with E-state index in [0.29, 0.717) is 19.3 Å². The van der Waals surface area contributed by atoms with Gasteiger partial charge in [0.15, 0.2) is 6.10 Å². The first kappa shape index (κ1) is 67.3. The molecule has 0 fully saturated rings. The third-order valence-corrected chi connectivity index (χ3v) is 11.5. The summed E-state index contributed by atoms with van der Waals surface area (Å²) in [6.07, 6.45) is 84.2. The summed E-state index contributed by atoms with van der Waals surface area (Å²) >= 11 is 0. The lowest BCUT2D eigenvalue weighted by atomic mass is 10.1. The Morgan fingerprint density at radius 1 is 0.292 bits per heavy atom. The Labute approximate surface area is 442 Å².